The number of hydrogen-bond acceptors (Lipinski definition) is 4. The molecule has 1 aliphatic heterocycles. The minimum atomic E-state index is -4.92. The third-order valence-corrected chi connectivity index (χ3v) is 7.28. The van der Waals surface area contributed by atoms with E-state index in [9.17, 15) is 35.9 Å². The summed E-state index contributed by atoms with van der Waals surface area (Å²) in [4.78, 5) is 11.5. The van der Waals surface area contributed by atoms with Crippen LogP contribution in [0.3, 0.4) is 0 Å². The molecule has 0 radical (unpaired) electrons. The van der Waals surface area contributed by atoms with Gasteiger partial charge in [0.2, 0.25) is 0 Å². The summed E-state index contributed by atoms with van der Waals surface area (Å²) in [5, 5.41) is 9.99. The minimum Gasteiger partial charge on any atom is -0.376 e. The molecule has 0 bridgehead atoms. The van der Waals surface area contributed by atoms with Crippen LogP contribution in [-0.4, -0.2) is 31.5 Å². The SMILES string of the molecule is CC(=O)C[C@@H]1CCc2cc(C(C)(O)C(F)(F)F)ccc2N1S(=O)(=O)c1ccc(F)cc1. The molecule has 0 spiro atoms. The maximum absolute atomic E-state index is 13.4. The molecule has 1 unspecified atom stereocenters. The molecular formula is C21H21F4NO4S. The Morgan fingerprint density at radius 3 is 2.32 bits per heavy atom. The Hall–Kier alpha value is -2.46. The molecule has 1 heterocycles. The van der Waals surface area contributed by atoms with E-state index in [0.29, 0.717) is 12.5 Å². The molecule has 0 amide bonds. The fraction of sp³-hybridized carbons (Fsp3) is 0.381. The van der Waals surface area contributed by atoms with E-state index in [-0.39, 0.29) is 35.6 Å². The lowest BCUT2D eigenvalue weighted by molar-refractivity contribution is -0.258. The van der Waals surface area contributed by atoms with Gasteiger partial charge in [-0.05, 0) is 68.1 Å². The van der Waals surface area contributed by atoms with Crippen molar-refractivity contribution < 1.29 is 35.9 Å². The number of aliphatic hydroxyl groups is 1. The highest BCUT2D eigenvalue weighted by atomic mass is 32.2. The molecule has 0 saturated carbocycles. The smallest absolute Gasteiger partial charge is 0.376 e. The van der Waals surface area contributed by atoms with E-state index in [0.717, 1.165) is 40.7 Å². The zero-order valence-corrected chi connectivity index (χ0v) is 17.6. The van der Waals surface area contributed by atoms with Crippen LogP contribution in [0.5, 0.6) is 0 Å². The van der Waals surface area contributed by atoms with Crippen LogP contribution in [-0.2, 0) is 26.8 Å². The van der Waals surface area contributed by atoms with Crippen molar-refractivity contribution in [2.45, 2.75) is 55.8 Å². The van der Waals surface area contributed by atoms with Gasteiger partial charge in [-0.1, -0.05) is 12.1 Å². The van der Waals surface area contributed by atoms with Crippen LogP contribution in [0.2, 0.25) is 0 Å². The largest absolute Gasteiger partial charge is 0.421 e. The number of hydrogen-bond donors (Lipinski definition) is 1. The molecule has 0 saturated heterocycles. The molecule has 2 aromatic rings. The Balaban J connectivity index is 2.14. The minimum absolute atomic E-state index is 0.0815. The van der Waals surface area contributed by atoms with Gasteiger partial charge >= 0.3 is 6.18 Å². The number of nitrogens with zero attached hydrogens (tertiary/aromatic N) is 1. The first kappa shape index (κ1) is 23.2. The average molecular weight is 459 g/mol. The van der Waals surface area contributed by atoms with Gasteiger partial charge in [0.1, 0.15) is 11.6 Å². The molecule has 10 heteroatoms. The van der Waals surface area contributed by atoms with Crippen molar-refractivity contribution in [1.29, 1.82) is 0 Å². The van der Waals surface area contributed by atoms with E-state index in [1.807, 2.05) is 0 Å². The van der Waals surface area contributed by atoms with Crippen molar-refractivity contribution in [3.63, 3.8) is 0 Å². The maximum Gasteiger partial charge on any atom is 0.421 e. The van der Waals surface area contributed by atoms with Crippen LogP contribution in [0.4, 0.5) is 23.2 Å². The molecule has 31 heavy (non-hydrogen) atoms. The van der Waals surface area contributed by atoms with Gasteiger partial charge in [-0.25, -0.2) is 12.8 Å². The number of halogens is 4. The number of rotatable bonds is 5. The van der Waals surface area contributed by atoms with Gasteiger partial charge in [0.25, 0.3) is 10.0 Å². The zero-order valence-electron chi connectivity index (χ0n) is 16.8. The Morgan fingerprint density at radius 2 is 1.77 bits per heavy atom. The lowest BCUT2D eigenvalue weighted by Crippen LogP contribution is -2.45. The molecule has 168 valence electrons. The first-order chi connectivity index (χ1) is 14.2. The summed E-state index contributed by atoms with van der Waals surface area (Å²) in [6.07, 6.45) is -4.58. The predicted octanol–water partition coefficient (Wildman–Crippen LogP) is 4.08. The zero-order chi connectivity index (χ0) is 23.2. The van der Waals surface area contributed by atoms with E-state index in [4.69, 9.17) is 0 Å². The highest BCUT2D eigenvalue weighted by Crippen LogP contribution is 2.42. The van der Waals surface area contributed by atoms with Crippen LogP contribution >= 0.6 is 0 Å². The maximum atomic E-state index is 13.4. The topological polar surface area (TPSA) is 74.7 Å². The van der Waals surface area contributed by atoms with Gasteiger partial charge in [0.15, 0.2) is 5.60 Å². The second-order valence-corrected chi connectivity index (χ2v) is 9.58. The lowest BCUT2D eigenvalue weighted by atomic mass is 9.89. The van der Waals surface area contributed by atoms with E-state index >= 15 is 0 Å². The fourth-order valence-corrected chi connectivity index (χ4v) is 5.38. The number of anilines is 1. The third kappa shape index (κ3) is 4.31. The van der Waals surface area contributed by atoms with E-state index in [2.05, 4.69) is 0 Å². The first-order valence-corrected chi connectivity index (χ1v) is 10.9. The number of aryl methyl sites for hydroxylation is 1. The molecule has 2 aromatic carbocycles. The second kappa shape index (κ2) is 7.90. The Labute approximate surface area is 177 Å². The molecular weight excluding hydrogens is 438 g/mol. The molecule has 1 N–H and O–H groups in total. The Bertz CT molecular complexity index is 1100. The van der Waals surface area contributed by atoms with Crippen LogP contribution in [0.25, 0.3) is 0 Å². The monoisotopic (exact) mass is 459 g/mol. The summed E-state index contributed by atoms with van der Waals surface area (Å²) in [5.41, 5.74) is -3.10. The van der Waals surface area contributed by atoms with Gasteiger partial charge in [-0.2, -0.15) is 13.2 Å². The Kier molecular flexibility index (Phi) is 5.92. The molecule has 0 fully saturated rings. The number of Topliss-reactive ketones (excluding diaryl/α,β-unsaturated/α-hetero) is 1. The second-order valence-electron chi connectivity index (χ2n) is 7.77. The summed E-state index contributed by atoms with van der Waals surface area (Å²) < 4.78 is 80.8. The van der Waals surface area contributed by atoms with Gasteiger partial charge in [-0.15, -0.1) is 0 Å². The van der Waals surface area contributed by atoms with Crippen molar-refractivity contribution in [1.82, 2.24) is 0 Å². The summed E-state index contributed by atoms with van der Waals surface area (Å²) in [5.74, 6) is -0.873. The molecule has 2 atom stereocenters. The summed E-state index contributed by atoms with van der Waals surface area (Å²) >= 11 is 0. The number of carbonyl (C=O) groups is 1. The number of alkyl halides is 3. The number of carbonyl (C=O) groups excluding carboxylic acids is 1. The molecule has 0 aliphatic carbocycles. The standard InChI is InChI=1S/C21H21F4NO4S/c1-13(27)11-17-7-3-14-12-15(20(2,28)21(23,24)25)4-10-19(14)26(17)31(29,30)18-8-5-16(22)6-9-18/h4-6,8-10,12,17,28H,3,7,11H2,1-2H3/t17-,20?/m0/s1. The van der Waals surface area contributed by atoms with Gasteiger partial charge in [0, 0.05) is 6.42 Å². The quantitative estimate of drug-likeness (QED) is 0.684. The van der Waals surface area contributed by atoms with E-state index < -0.39 is 39.2 Å². The van der Waals surface area contributed by atoms with Crippen LogP contribution < -0.4 is 4.31 Å². The van der Waals surface area contributed by atoms with E-state index in [1.54, 1.807) is 0 Å². The summed E-state index contributed by atoms with van der Waals surface area (Å²) in [6, 6.07) is 6.78. The molecule has 1 aliphatic rings. The normalized spacial score (nSPS) is 18.9. The highest BCUT2D eigenvalue weighted by molar-refractivity contribution is 7.92. The van der Waals surface area contributed by atoms with Crippen molar-refractivity contribution in [3.05, 3.63) is 59.4 Å². The first-order valence-electron chi connectivity index (χ1n) is 9.47. The van der Waals surface area contributed by atoms with Crippen molar-refractivity contribution in [2.75, 3.05) is 4.31 Å². The third-order valence-electron chi connectivity index (χ3n) is 5.40. The molecule has 0 aromatic heterocycles. The van der Waals surface area contributed by atoms with Gasteiger partial charge in [0.05, 0.1) is 16.6 Å². The average Bonchev–Trinajstić information content (AvgIpc) is 2.66. The number of benzene rings is 2. The number of ketones is 1. The molecule has 3 rings (SSSR count). The number of fused-ring (bicyclic) bond motifs is 1. The fourth-order valence-electron chi connectivity index (χ4n) is 3.67. The van der Waals surface area contributed by atoms with Crippen molar-refractivity contribution in [3.8, 4) is 0 Å². The van der Waals surface area contributed by atoms with Crippen LogP contribution in [0, 0.1) is 5.82 Å². The van der Waals surface area contributed by atoms with Crippen molar-refractivity contribution in [2.24, 2.45) is 0 Å². The number of sulfonamides is 1. The lowest BCUT2D eigenvalue weighted by Gasteiger charge is -2.38. The van der Waals surface area contributed by atoms with Crippen LogP contribution in [0.15, 0.2) is 47.4 Å². The predicted molar refractivity (Wildman–Crippen MR) is 106 cm³/mol. The Morgan fingerprint density at radius 1 is 1.16 bits per heavy atom. The van der Waals surface area contributed by atoms with Gasteiger partial charge < -0.3 is 5.11 Å². The summed E-state index contributed by atoms with van der Waals surface area (Å²) in [7, 11) is -4.23. The van der Waals surface area contributed by atoms with E-state index in [1.165, 1.54) is 13.0 Å². The van der Waals surface area contributed by atoms with Gasteiger partial charge in [-0.3, -0.25) is 9.10 Å². The summed E-state index contributed by atoms with van der Waals surface area (Å²) in [6.45, 7) is 1.95. The molecule has 5 nitrogen and oxygen atoms in total. The van der Waals surface area contributed by atoms with Crippen molar-refractivity contribution >= 4 is 21.5 Å². The van der Waals surface area contributed by atoms with Crippen LogP contribution in [0.1, 0.15) is 37.8 Å². The highest BCUT2D eigenvalue weighted by Gasteiger charge is 2.51.